The van der Waals surface area contributed by atoms with Crippen LogP contribution in [0.1, 0.15) is 24.0 Å². The summed E-state index contributed by atoms with van der Waals surface area (Å²) in [6, 6.07) is 3.64. The summed E-state index contributed by atoms with van der Waals surface area (Å²) in [4.78, 5) is 13.0. The molecule has 0 bridgehead atoms. The lowest BCUT2D eigenvalue weighted by Gasteiger charge is -2.26. The van der Waals surface area contributed by atoms with E-state index in [1.807, 2.05) is 0 Å². The number of benzene rings is 1. The Morgan fingerprint density at radius 3 is 2.76 bits per heavy atom. The number of carbonyl (C=O) groups is 1. The molecule has 0 aliphatic carbocycles. The number of amides is 1. The van der Waals surface area contributed by atoms with Crippen LogP contribution in [0.5, 0.6) is 0 Å². The molecule has 2 rings (SSSR count). The van der Waals surface area contributed by atoms with Crippen LogP contribution in [-0.4, -0.2) is 25.5 Å². The van der Waals surface area contributed by atoms with Crippen LogP contribution >= 0.6 is 0 Å². The summed E-state index contributed by atoms with van der Waals surface area (Å²) in [5, 5.41) is 2.72. The van der Waals surface area contributed by atoms with E-state index in [-0.39, 0.29) is 12.1 Å². The molecule has 1 fully saturated rings. The van der Waals surface area contributed by atoms with Crippen molar-refractivity contribution in [2.75, 3.05) is 18.5 Å². The normalized spacial score (nSPS) is 19.0. The molecule has 1 aromatic rings. The fraction of sp³-hybridized carbons (Fsp3) is 0.500. The number of primary amides is 1. The smallest absolute Gasteiger partial charge is 0.368 e. The van der Waals surface area contributed by atoms with Gasteiger partial charge in [0.25, 0.3) is 0 Å². The zero-order valence-corrected chi connectivity index (χ0v) is 11.7. The van der Waals surface area contributed by atoms with Crippen LogP contribution in [-0.2, 0) is 17.5 Å². The van der Waals surface area contributed by atoms with E-state index in [0.29, 0.717) is 18.7 Å². The highest BCUT2D eigenvalue weighted by Gasteiger charge is 2.35. The van der Waals surface area contributed by atoms with Gasteiger partial charge in [-0.1, -0.05) is 6.07 Å². The number of rotatable bonds is 4. The van der Waals surface area contributed by atoms with Gasteiger partial charge in [-0.25, -0.2) is 0 Å². The zero-order chi connectivity index (χ0) is 15.6. The molecule has 1 saturated heterocycles. The molecule has 0 spiro atoms. The number of nitrogens with zero attached hydrogens (tertiary/aromatic N) is 1. The van der Waals surface area contributed by atoms with E-state index in [1.54, 1.807) is 18.0 Å². The molecule has 0 saturated carbocycles. The average molecular weight is 301 g/mol. The number of alkyl halides is 3. The van der Waals surface area contributed by atoms with E-state index in [1.165, 1.54) is 6.07 Å². The monoisotopic (exact) mass is 301 g/mol. The van der Waals surface area contributed by atoms with Crippen LogP contribution in [0.4, 0.5) is 18.9 Å². The minimum absolute atomic E-state index is 0.133. The molecule has 1 unspecified atom stereocenters. The summed E-state index contributed by atoms with van der Waals surface area (Å²) in [7, 11) is 1.59. The van der Waals surface area contributed by atoms with E-state index in [4.69, 9.17) is 5.73 Å². The average Bonchev–Trinajstić information content (AvgIpc) is 2.87. The SMILES string of the molecule is CNCc1ccc(N2CCCC2C(N)=O)cc1C(F)(F)F. The van der Waals surface area contributed by atoms with Crippen molar-refractivity contribution >= 4 is 11.6 Å². The first-order chi connectivity index (χ1) is 9.84. The van der Waals surface area contributed by atoms with Crippen LogP contribution in [0.2, 0.25) is 0 Å². The van der Waals surface area contributed by atoms with Gasteiger partial charge < -0.3 is 16.0 Å². The standard InChI is InChI=1S/C14H18F3N3O/c1-19-8-9-4-5-10(7-11(9)14(15,16)17)20-6-2-3-12(20)13(18)21/h4-5,7,12,19H,2-3,6,8H2,1H3,(H2,18,21). The number of nitrogens with one attached hydrogen (secondary N) is 1. The fourth-order valence-corrected chi connectivity index (χ4v) is 2.72. The molecule has 1 atom stereocenters. The third-order valence-electron chi connectivity index (χ3n) is 3.68. The largest absolute Gasteiger partial charge is 0.416 e. The van der Waals surface area contributed by atoms with Gasteiger partial charge in [-0.15, -0.1) is 0 Å². The zero-order valence-electron chi connectivity index (χ0n) is 11.7. The molecule has 4 nitrogen and oxygen atoms in total. The number of carbonyl (C=O) groups excluding carboxylic acids is 1. The minimum Gasteiger partial charge on any atom is -0.368 e. The van der Waals surface area contributed by atoms with E-state index in [2.05, 4.69) is 5.32 Å². The number of hydrogen-bond donors (Lipinski definition) is 2. The van der Waals surface area contributed by atoms with Crippen molar-refractivity contribution in [1.29, 1.82) is 0 Å². The Balaban J connectivity index is 2.40. The van der Waals surface area contributed by atoms with Crippen molar-refractivity contribution in [2.24, 2.45) is 5.73 Å². The Morgan fingerprint density at radius 1 is 1.48 bits per heavy atom. The number of anilines is 1. The number of hydrogen-bond acceptors (Lipinski definition) is 3. The molecule has 1 heterocycles. The fourth-order valence-electron chi connectivity index (χ4n) is 2.72. The van der Waals surface area contributed by atoms with Crippen LogP contribution < -0.4 is 16.0 Å². The van der Waals surface area contributed by atoms with Crippen molar-refractivity contribution in [3.05, 3.63) is 29.3 Å². The molecule has 1 aromatic carbocycles. The molecule has 0 aromatic heterocycles. The lowest BCUT2D eigenvalue weighted by Crippen LogP contribution is -2.40. The highest BCUT2D eigenvalue weighted by Crippen LogP contribution is 2.36. The van der Waals surface area contributed by atoms with Crippen molar-refractivity contribution in [1.82, 2.24) is 5.32 Å². The lowest BCUT2D eigenvalue weighted by molar-refractivity contribution is -0.138. The van der Waals surface area contributed by atoms with Crippen LogP contribution in [0.25, 0.3) is 0 Å². The van der Waals surface area contributed by atoms with Gasteiger partial charge in [0.2, 0.25) is 5.91 Å². The number of halogens is 3. The predicted octanol–water partition coefficient (Wildman–Crippen LogP) is 1.88. The van der Waals surface area contributed by atoms with Crippen molar-refractivity contribution in [2.45, 2.75) is 31.6 Å². The summed E-state index contributed by atoms with van der Waals surface area (Å²) in [5.41, 5.74) is 5.21. The Morgan fingerprint density at radius 2 is 2.19 bits per heavy atom. The molecular formula is C14H18F3N3O. The molecular weight excluding hydrogens is 283 g/mol. The Bertz CT molecular complexity index is 531. The molecule has 1 amide bonds. The van der Waals surface area contributed by atoms with Crippen molar-refractivity contribution in [3.8, 4) is 0 Å². The van der Waals surface area contributed by atoms with E-state index < -0.39 is 23.7 Å². The molecule has 116 valence electrons. The van der Waals surface area contributed by atoms with Gasteiger partial charge in [-0.3, -0.25) is 4.79 Å². The second kappa shape index (κ2) is 5.93. The van der Waals surface area contributed by atoms with E-state index in [9.17, 15) is 18.0 Å². The molecule has 7 heteroatoms. The lowest BCUT2D eigenvalue weighted by atomic mass is 10.0. The van der Waals surface area contributed by atoms with Gasteiger partial charge in [0.1, 0.15) is 6.04 Å². The highest BCUT2D eigenvalue weighted by molar-refractivity contribution is 5.84. The maximum absolute atomic E-state index is 13.2. The maximum Gasteiger partial charge on any atom is 0.416 e. The van der Waals surface area contributed by atoms with Crippen LogP contribution in [0.15, 0.2) is 18.2 Å². The first-order valence-corrected chi connectivity index (χ1v) is 6.75. The quantitative estimate of drug-likeness (QED) is 0.893. The van der Waals surface area contributed by atoms with Crippen LogP contribution in [0.3, 0.4) is 0 Å². The molecule has 1 aliphatic rings. The van der Waals surface area contributed by atoms with Gasteiger partial charge in [-0.2, -0.15) is 13.2 Å². The Labute approximate surface area is 121 Å². The second-order valence-electron chi connectivity index (χ2n) is 5.12. The molecule has 1 aliphatic heterocycles. The van der Waals surface area contributed by atoms with Crippen molar-refractivity contribution in [3.63, 3.8) is 0 Å². The summed E-state index contributed by atoms with van der Waals surface area (Å²) < 4.78 is 39.5. The molecule has 3 N–H and O–H groups in total. The van der Waals surface area contributed by atoms with Gasteiger partial charge >= 0.3 is 6.18 Å². The molecule has 0 radical (unpaired) electrons. The van der Waals surface area contributed by atoms with Gasteiger partial charge in [-0.05, 0) is 37.6 Å². The third kappa shape index (κ3) is 3.29. The summed E-state index contributed by atoms with van der Waals surface area (Å²) in [5.74, 6) is -0.500. The van der Waals surface area contributed by atoms with Gasteiger partial charge in [0, 0.05) is 18.8 Å². The topological polar surface area (TPSA) is 58.4 Å². The Hall–Kier alpha value is -1.76. The summed E-state index contributed by atoms with van der Waals surface area (Å²) in [6.45, 7) is 0.671. The molecule has 21 heavy (non-hydrogen) atoms. The third-order valence-corrected chi connectivity index (χ3v) is 3.68. The predicted molar refractivity (Wildman–Crippen MR) is 73.8 cm³/mol. The first-order valence-electron chi connectivity index (χ1n) is 6.75. The highest BCUT2D eigenvalue weighted by atomic mass is 19.4. The van der Waals surface area contributed by atoms with Gasteiger partial charge in [0.15, 0.2) is 0 Å². The first kappa shape index (κ1) is 15.6. The van der Waals surface area contributed by atoms with Crippen LogP contribution in [0, 0.1) is 0 Å². The van der Waals surface area contributed by atoms with E-state index in [0.717, 1.165) is 12.5 Å². The summed E-state index contributed by atoms with van der Waals surface area (Å²) >= 11 is 0. The Kier molecular flexibility index (Phi) is 4.41. The van der Waals surface area contributed by atoms with E-state index >= 15 is 0 Å². The maximum atomic E-state index is 13.2. The number of nitrogens with two attached hydrogens (primary N) is 1. The van der Waals surface area contributed by atoms with Gasteiger partial charge in [0.05, 0.1) is 5.56 Å². The minimum atomic E-state index is -4.43. The second-order valence-corrected chi connectivity index (χ2v) is 5.12. The summed E-state index contributed by atoms with van der Waals surface area (Å²) in [6.07, 6.45) is -3.10. The van der Waals surface area contributed by atoms with Crippen molar-refractivity contribution < 1.29 is 18.0 Å².